The van der Waals surface area contributed by atoms with E-state index >= 15 is 0 Å². The van der Waals surface area contributed by atoms with Crippen LogP contribution in [-0.2, 0) is 0 Å². The zero-order chi connectivity index (χ0) is 21.3. The minimum absolute atomic E-state index is 0.156. The maximum atomic E-state index is 8.66. The van der Waals surface area contributed by atoms with Gasteiger partial charge in [-0.25, -0.2) is 0 Å². The Kier molecular flexibility index (Phi) is 19.6. The van der Waals surface area contributed by atoms with Crippen molar-refractivity contribution in [3.8, 4) is 0 Å². The molecule has 9 N–H and O–H groups in total. The van der Waals surface area contributed by atoms with Gasteiger partial charge in [0.2, 0.25) is 0 Å². The average molecular weight is 388 g/mol. The van der Waals surface area contributed by atoms with Crippen molar-refractivity contribution < 1.29 is 46.0 Å². The molecule has 0 unspecified atom stereocenters. The molecule has 0 aromatic heterocycles. The highest BCUT2D eigenvalue weighted by Crippen LogP contribution is 2.19. The van der Waals surface area contributed by atoms with Crippen molar-refractivity contribution in [3.63, 3.8) is 0 Å². The Morgan fingerprint density at radius 3 is 0.615 bits per heavy atom. The maximum Gasteiger partial charge on any atom is 0.0531 e. The molecule has 0 aromatic carbocycles. The summed E-state index contributed by atoms with van der Waals surface area (Å²) in [6, 6.07) is 0. The van der Waals surface area contributed by atoms with Crippen LogP contribution in [0.1, 0.15) is 33.6 Å². The van der Waals surface area contributed by atoms with Gasteiger partial charge in [-0.3, -0.25) is 0 Å². The van der Waals surface area contributed by atoms with Crippen molar-refractivity contribution in [2.24, 2.45) is 16.2 Å². The Labute approximate surface area is 156 Å². The van der Waals surface area contributed by atoms with Crippen molar-refractivity contribution in [1.29, 1.82) is 0 Å². The van der Waals surface area contributed by atoms with Crippen LogP contribution in [0.25, 0.3) is 0 Å². The number of hydrogen-bond acceptors (Lipinski definition) is 9. The molecule has 0 bridgehead atoms. The van der Waals surface area contributed by atoms with Crippen molar-refractivity contribution >= 4 is 0 Å². The van der Waals surface area contributed by atoms with Crippen molar-refractivity contribution in [3.05, 3.63) is 0 Å². The van der Waals surface area contributed by atoms with Gasteiger partial charge in [0, 0.05) is 16.2 Å². The van der Waals surface area contributed by atoms with Crippen LogP contribution in [0, 0.1) is 16.2 Å². The average Bonchev–Trinajstić information content (AvgIpc) is 2.73. The third-order valence-electron chi connectivity index (χ3n) is 4.66. The van der Waals surface area contributed by atoms with E-state index in [1.54, 1.807) is 6.92 Å². The van der Waals surface area contributed by atoms with Gasteiger partial charge >= 0.3 is 0 Å². The van der Waals surface area contributed by atoms with E-state index in [1.165, 1.54) is 0 Å². The van der Waals surface area contributed by atoms with E-state index in [1.807, 2.05) is 13.8 Å². The molecule has 0 aliphatic heterocycles. The first-order chi connectivity index (χ1) is 12.2. The third kappa shape index (κ3) is 11.4. The molecule has 0 rings (SSSR count). The van der Waals surface area contributed by atoms with Crippen molar-refractivity contribution in [1.82, 2.24) is 0 Å². The molecule has 0 radical (unpaired) electrons. The second kappa shape index (κ2) is 16.8. The lowest BCUT2D eigenvalue weighted by molar-refractivity contribution is 0.00275. The predicted octanol–water partition coefficient (Wildman–Crippen LogP) is -2.31. The quantitative estimate of drug-likeness (QED) is 0.188. The highest BCUT2D eigenvalue weighted by atomic mass is 16.3. The molecule has 0 aliphatic rings. The lowest BCUT2D eigenvalue weighted by atomic mass is 9.88. The fourth-order valence-electron chi connectivity index (χ4n) is 1.12. The summed E-state index contributed by atoms with van der Waals surface area (Å²) in [7, 11) is 0. The number of aliphatic hydroxyl groups excluding tert-OH is 9. The van der Waals surface area contributed by atoms with Crippen LogP contribution >= 0.6 is 0 Å². The Hall–Kier alpha value is -0.360. The highest BCUT2D eigenvalue weighted by molar-refractivity contribution is 4.74. The lowest BCUT2D eigenvalue weighted by Crippen LogP contribution is -2.32. The van der Waals surface area contributed by atoms with Crippen molar-refractivity contribution in [2.75, 3.05) is 59.5 Å². The van der Waals surface area contributed by atoms with Crippen LogP contribution in [0.5, 0.6) is 0 Å². The number of aliphatic hydroxyl groups is 9. The highest BCUT2D eigenvalue weighted by Gasteiger charge is 2.25. The molecule has 26 heavy (non-hydrogen) atoms. The van der Waals surface area contributed by atoms with Gasteiger partial charge in [-0.15, -0.1) is 0 Å². The summed E-state index contributed by atoms with van der Waals surface area (Å²) in [5, 5.41) is 77.3. The van der Waals surface area contributed by atoms with E-state index in [4.69, 9.17) is 46.0 Å². The van der Waals surface area contributed by atoms with Gasteiger partial charge in [0.15, 0.2) is 0 Å². The molecule has 9 nitrogen and oxygen atoms in total. The van der Waals surface area contributed by atoms with Crippen LogP contribution in [-0.4, -0.2) is 105 Å². The second-order valence-electron chi connectivity index (χ2n) is 6.94. The third-order valence-corrected chi connectivity index (χ3v) is 4.66. The van der Waals surface area contributed by atoms with Gasteiger partial charge in [-0.05, 0) is 12.8 Å². The second-order valence-corrected chi connectivity index (χ2v) is 6.94. The Morgan fingerprint density at radius 2 is 0.615 bits per heavy atom. The van der Waals surface area contributed by atoms with Crippen molar-refractivity contribution in [2.45, 2.75) is 33.6 Å². The molecular weight excluding hydrogens is 348 g/mol. The van der Waals surface area contributed by atoms with Gasteiger partial charge in [0.25, 0.3) is 0 Å². The number of rotatable bonds is 11. The molecule has 0 saturated heterocycles. The van der Waals surface area contributed by atoms with Gasteiger partial charge < -0.3 is 46.0 Å². The molecule has 162 valence electrons. The molecule has 9 heteroatoms. The fraction of sp³-hybridized carbons (Fsp3) is 1.00. The van der Waals surface area contributed by atoms with Crippen LogP contribution in [0.3, 0.4) is 0 Å². The summed E-state index contributed by atoms with van der Waals surface area (Å²) in [6.45, 7) is 3.77. The normalized spacial score (nSPS) is 12.0. The monoisotopic (exact) mass is 388 g/mol. The molecule has 0 fully saturated rings. The first-order valence-electron chi connectivity index (χ1n) is 8.65. The standard InChI is InChI=1S/2C6H14O3.C5H12O3/c2*1-2-6(3-7,4-8)5-9;1-5(2-6,3-7)4-8/h2*7-9H,2-5H2,1H3;6-8H,2-4H2,1H3. The maximum absolute atomic E-state index is 8.66. The number of hydrogen-bond donors (Lipinski definition) is 9. The topological polar surface area (TPSA) is 182 Å². The van der Waals surface area contributed by atoms with E-state index < -0.39 is 16.2 Å². The summed E-state index contributed by atoms with van der Waals surface area (Å²) in [5.41, 5.74) is -2.04. The summed E-state index contributed by atoms with van der Waals surface area (Å²) < 4.78 is 0. The summed E-state index contributed by atoms with van der Waals surface area (Å²) in [6.07, 6.45) is 1.19. The summed E-state index contributed by atoms with van der Waals surface area (Å²) >= 11 is 0. The zero-order valence-electron chi connectivity index (χ0n) is 16.3. The molecule has 0 heterocycles. The van der Waals surface area contributed by atoms with Gasteiger partial charge in [-0.1, -0.05) is 20.8 Å². The van der Waals surface area contributed by atoms with E-state index in [-0.39, 0.29) is 59.5 Å². The Bertz CT molecular complexity index is 225. The molecule has 0 spiro atoms. The van der Waals surface area contributed by atoms with E-state index in [9.17, 15) is 0 Å². The van der Waals surface area contributed by atoms with E-state index in [0.717, 1.165) is 0 Å². The van der Waals surface area contributed by atoms with Gasteiger partial charge in [-0.2, -0.15) is 0 Å². The smallest absolute Gasteiger partial charge is 0.0531 e. The minimum Gasteiger partial charge on any atom is -0.396 e. The van der Waals surface area contributed by atoms with Crippen LogP contribution < -0.4 is 0 Å². The summed E-state index contributed by atoms with van der Waals surface area (Å²) in [5.74, 6) is 0. The lowest BCUT2D eigenvalue weighted by Gasteiger charge is -2.24. The molecule has 0 atom stereocenters. The van der Waals surface area contributed by atoms with E-state index in [0.29, 0.717) is 12.8 Å². The largest absolute Gasteiger partial charge is 0.396 e. The SMILES string of the molecule is CC(CO)(CO)CO.CCC(CO)(CO)CO.CCC(CO)(CO)CO. The van der Waals surface area contributed by atoms with Crippen LogP contribution in [0.2, 0.25) is 0 Å². The zero-order valence-corrected chi connectivity index (χ0v) is 16.3. The first-order valence-corrected chi connectivity index (χ1v) is 8.65. The molecule has 0 amide bonds. The van der Waals surface area contributed by atoms with E-state index in [2.05, 4.69) is 0 Å². The molecule has 0 aliphatic carbocycles. The summed E-state index contributed by atoms with van der Waals surface area (Å²) in [4.78, 5) is 0. The molecule has 0 aromatic rings. The predicted molar refractivity (Wildman–Crippen MR) is 97.3 cm³/mol. The Morgan fingerprint density at radius 1 is 0.423 bits per heavy atom. The first kappa shape index (κ1) is 30.4. The minimum atomic E-state index is -0.708. The Balaban J connectivity index is -0.000000306. The molecule has 0 saturated carbocycles. The fourth-order valence-corrected chi connectivity index (χ4v) is 1.12. The van der Waals surface area contributed by atoms with Crippen LogP contribution in [0.15, 0.2) is 0 Å². The van der Waals surface area contributed by atoms with Gasteiger partial charge in [0.1, 0.15) is 0 Å². The van der Waals surface area contributed by atoms with Crippen LogP contribution in [0.4, 0.5) is 0 Å². The van der Waals surface area contributed by atoms with Gasteiger partial charge in [0.05, 0.1) is 59.5 Å². The molecular formula is C17H40O9.